The van der Waals surface area contributed by atoms with E-state index in [1.54, 1.807) is 18.8 Å². The van der Waals surface area contributed by atoms with Gasteiger partial charge in [-0.15, -0.1) is 0 Å². The molecule has 0 aromatic rings. The van der Waals surface area contributed by atoms with Gasteiger partial charge < -0.3 is 5.73 Å². The van der Waals surface area contributed by atoms with Crippen molar-refractivity contribution in [1.29, 1.82) is 0 Å². The second-order valence-electron chi connectivity index (χ2n) is 5.73. The van der Waals surface area contributed by atoms with Crippen LogP contribution in [0.1, 0.15) is 96.8 Å². The molecule has 0 heterocycles. The number of unbranched alkanes of at least 4 members (excludes halogenated alkanes) is 12. The van der Waals surface area contributed by atoms with E-state index >= 15 is 0 Å². The number of halogens is 1. The molecule has 0 aliphatic heterocycles. The summed E-state index contributed by atoms with van der Waals surface area (Å²) >= 11 is 1.61. The molecule has 0 bridgehead atoms. The molecular formula is C18H37ClNPt. The average Bonchev–Trinajstić information content (AvgIpc) is 2.53. The van der Waals surface area contributed by atoms with Crippen LogP contribution in [0.4, 0.5) is 0 Å². The monoisotopic (exact) mass is 497 g/mol. The molecule has 0 aliphatic carbocycles. The number of hydrogen-bond donors (Lipinski definition) is 1. The first-order valence-electron chi connectivity index (χ1n) is 8.88. The van der Waals surface area contributed by atoms with E-state index in [-0.39, 0.29) is 0 Å². The van der Waals surface area contributed by atoms with Gasteiger partial charge in [0, 0.05) is 0 Å². The molecule has 0 saturated carbocycles. The van der Waals surface area contributed by atoms with Crippen LogP contribution in [0, 0.1) is 0 Å². The third-order valence-electron chi connectivity index (χ3n) is 3.72. The fourth-order valence-electron chi connectivity index (χ4n) is 2.39. The van der Waals surface area contributed by atoms with E-state index in [1.807, 2.05) is 0 Å². The third-order valence-corrected chi connectivity index (χ3v) is 3.72. The Balaban J connectivity index is 0. The molecule has 131 valence electrons. The van der Waals surface area contributed by atoms with Gasteiger partial charge in [-0.25, -0.2) is 0 Å². The summed E-state index contributed by atoms with van der Waals surface area (Å²) in [6.45, 7) is 3.14. The summed E-state index contributed by atoms with van der Waals surface area (Å²) in [4.78, 5) is 0. The van der Waals surface area contributed by atoms with Crippen molar-refractivity contribution in [3.8, 4) is 0 Å². The first-order valence-corrected chi connectivity index (χ1v) is 11.7. The van der Waals surface area contributed by atoms with Crippen LogP contribution in [0.3, 0.4) is 0 Å². The van der Waals surface area contributed by atoms with Crippen LogP contribution in [0.25, 0.3) is 0 Å². The summed E-state index contributed by atoms with van der Waals surface area (Å²) in [6, 6.07) is 0. The number of hydrogen-bond acceptors (Lipinski definition) is 1. The molecule has 3 heteroatoms. The quantitative estimate of drug-likeness (QED) is 0.198. The second kappa shape index (κ2) is 25.6. The zero-order chi connectivity index (χ0) is 16.0. The summed E-state index contributed by atoms with van der Waals surface area (Å²) in [5.41, 5.74) is 5.47. The second-order valence-corrected chi connectivity index (χ2v) is 5.73. The molecule has 21 heavy (non-hydrogen) atoms. The van der Waals surface area contributed by atoms with Crippen molar-refractivity contribution >= 4 is 9.42 Å². The standard InChI is InChI=1S/C18H37N.ClH.Pt/c1-2-3-4-5-6-7-8-9-10-11-12-13-14-15-16-17-18-19;;/h9-10H,2-8,11-19H2,1H3;1H;/q;;+1/p-1/b10-9-;;. The molecule has 1 nitrogen and oxygen atoms in total. The van der Waals surface area contributed by atoms with E-state index < -0.39 is 0 Å². The molecule has 0 radical (unpaired) electrons. The van der Waals surface area contributed by atoms with Crippen LogP contribution < -0.4 is 5.73 Å². The number of rotatable bonds is 15. The van der Waals surface area contributed by atoms with Gasteiger partial charge in [-0.3, -0.25) is 0 Å². The zero-order valence-corrected chi connectivity index (χ0v) is 17.1. The summed E-state index contributed by atoms with van der Waals surface area (Å²) in [5.74, 6) is 0. The van der Waals surface area contributed by atoms with Gasteiger partial charge in [-0.2, -0.15) is 0 Å². The molecule has 0 spiro atoms. The van der Waals surface area contributed by atoms with Crippen molar-refractivity contribution in [3.63, 3.8) is 0 Å². The van der Waals surface area contributed by atoms with Crippen LogP contribution >= 0.6 is 9.42 Å². The fraction of sp³-hybridized carbons (Fsp3) is 0.889. The third kappa shape index (κ3) is 25.9. The van der Waals surface area contributed by atoms with Gasteiger partial charge in [0.05, 0.1) is 0 Å². The van der Waals surface area contributed by atoms with E-state index in [9.17, 15) is 0 Å². The van der Waals surface area contributed by atoms with Gasteiger partial charge in [-0.05, 0) is 38.6 Å². The van der Waals surface area contributed by atoms with Gasteiger partial charge in [0.1, 0.15) is 0 Å². The Morgan fingerprint density at radius 1 is 0.667 bits per heavy atom. The topological polar surface area (TPSA) is 26.0 Å². The van der Waals surface area contributed by atoms with E-state index in [0.717, 1.165) is 6.54 Å². The zero-order valence-electron chi connectivity index (χ0n) is 14.0. The molecule has 0 amide bonds. The van der Waals surface area contributed by atoms with Crippen LogP contribution in [0.2, 0.25) is 0 Å². The van der Waals surface area contributed by atoms with Crippen molar-refractivity contribution in [2.75, 3.05) is 6.54 Å². The Labute approximate surface area is 149 Å². The average molecular weight is 498 g/mol. The van der Waals surface area contributed by atoms with Crippen LogP contribution in [-0.4, -0.2) is 6.54 Å². The molecule has 0 unspecified atom stereocenters. The molecule has 2 N–H and O–H groups in total. The molecule has 0 saturated heterocycles. The number of allylic oxidation sites excluding steroid dienone is 2. The van der Waals surface area contributed by atoms with Crippen LogP contribution in [-0.2, 0) is 18.8 Å². The summed E-state index contributed by atoms with van der Waals surface area (Å²) < 4.78 is 0. The minimum atomic E-state index is 0.862. The Morgan fingerprint density at radius 2 is 1.05 bits per heavy atom. The SMILES string of the molecule is CCCCCCCC/C=C\CCCCCCCCN.[Cl][Pt]. The first kappa shape index (κ1) is 23.9. The van der Waals surface area contributed by atoms with Gasteiger partial charge in [0.15, 0.2) is 0 Å². The van der Waals surface area contributed by atoms with Gasteiger partial charge in [-0.1, -0.05) is 76.9 Å². The van der Waals surface area contributed by atoms with Crippen molar-refractivity contribution < 1.29 is 18.8 Å². The van der Waals surface area contributed by atoms with E-state index in [2.05, 4.69) is 28.5 Å². The molecular weight excluding hydrogens is 461 g/mol. The van der Waals surface area contributed by atoms with Crippen molar-refractivity contribution in [2.45, 2.75) is 96.8 Å². The summed E-state index contributed by atoms with van der Waals surface area (Å²) in [7, 11) is 4.61. The maximum absolute atomic E-state index is 5.47. The van der Waals surface area contributed by atoms with Gasteiger partial charge in [0.25, 0.3) is 0 Å². The van der Waals surface area contributed by atoms with Gasteiger partial charge >= 0.3 is 28.2 Å². The molecule has 0 aromatic carbocycles. The van der Waals surface area contributed by atoms with Crippen molar-refractivity contribution in [3.05, 3.63) is 12.2 Å². The normalized spacial score (nSPS) is 10.7. The predicted molar refractivity (Wildman–Crippen MR) is 94.4 cm³/mol. The van der Waals surface area contributed by atoms with Crippen molar-refractivity contribution in [1.82, 2.24) is 0 Å². The van der Waals surface area contributed by atoms with Gasteiger partial charge in [0.2, 0.25) is 0 Å². The Hall–Kier alpha value is 0.678. The van der Waals surface area contributed by atoms with E-state index in [0.29, 0.717) is 0 Å². The summed E-state index contributed by atoms with van der Waals surface area (Å²) in [5, 5.41) is 0. The van der Waals surface area contributed by atoms with Crippen molar-refractivity contribution in [2.24, 2.45) is 5.73 Å². The molecule has 0 rings (SSSR count). The number of nitrogens with two attached hydrogens (primary N) is 1. The minimum absolute atomic E-state index is 0.862. The predicted octanol–water partition coefficient (Wildman–Crippen LogP) is 6.67. The molecule has 0 aromatic heterocycles. The Kier molecular flexibility index (Phi) is 29.2. The van der Waals surface area contributed by atoms with E-state index in [1.165, 1.54) is 89.9 Å². The Bertz CT molecular complexity index is 186. The van der Waals surface area contributed by atoms with E-state index in [4.69, 9.17) is 5.73 Å². The molecule has 0 atom stereocenters. The summed E-state index contributed by atoms with van der Waals surface area (Å²) in [6.07, 6.45) is 23.9. The molecule has 0 fully saturated rings. The first-order chi connectivity index (χ1) is 10.4. The van der Waals surface area contributed by atoms with Crippen LogP contribution in [0.15, 0.2) is 12.2 Å². The molecule has 0 aliphatic rings. The fourth-order valence-corrected chi connectivity index (χ4v) is 2.39. The maximum atomic E-state index is 5.47. The van der Waals surface area contributed by atoms with Crippen LogP contribution in [0.5, 0.6) is 0 Å². The Morgan fingerprint density at radius 3 is 1.48 bits per heavy atom.